The Kier molecular flexibility index (Phi) is 7.01. The van der Waals surface area contributed by atoms with Crippen LogP contribution in [0.5, 0.6) is 5.19 Å². The summed E-state index contributed by atoms with van der Waals surface area (Å²) < 4.78 is 43.2. The van der Waals surface area contributed by atoms with Gasteiger partial charge >= 0.3 is 6.18 Å². The third-order valence-electron chi connectivity index (χ3n) is 3.68. The Hall–Kier alpha value is -2.18. The number of aromatic nitrogens is 3. The summed E-state index contributed by atoms with van der Waals surface area (Å²) in [6.45, 7) is 2.79. The number of nitrogens with two attached hydrogens (primary N) is 1. The monoisotopic (exact) mass is 438 g/mol. The van der Waals surface area contributed by atoms with Gasteiger partial charge in [-0.25, -0.2) is 15.0 Å². The molecule has 1 fully saturated rings. The molecule has 0 aromatic carbocycles. The predicted octanol–water partition coefficient (Wildman–Crippen LogP) is 1.95. The molecule has 1 saturated heterocycles. The summed E-state index contributed by atoms with van der Waals surface area (Å²) in [5, 5.41) is 1.05. The van der Waals surface area contributed by atoms with Crippen LogP contribution in [0.15, 0.2) is 18.6 Å². The minimum absolute atomic E-state index is 0. The van der Waals surface area contributed by atoms with E-state index in [0.717, 1.165) is 0 Å². The van der Waals surface area contributed by atoms with Crippen LogP contribution in [0.25, 0.3) is 0 Å². The lowest BCUT2D eigenvalue weighted by Gasteiger charge is -2.33. The third-order valence-corrected chi connectivity index (χ3v) is 4.61. The van der Waals surface area contributed by atoms with Gasteiger partial charge in [0.15, 0.2) is 0 Å². The Morgan fingerprint density at radius 3 is 2.50 bits per heavy atom. The lowest BCUT2D eigenvalue weighted by Crippen LogP contribution is -2.51. The second-order valence-electron chi connectivity index (χ2n) is 5.99. The summed E-state index contributed by atoms with van der Waals surface area (Å²) in [7, 11) is 0. The largest absolute Gasteiger partial charge is 0.468 e. The van der Waals surface area contributed by atoms with E-state index in [1.807, 2.05) is 0 Å². The molecule has 13 heteroatoms. The van der Waals surface area contributed by atoms with Crippen LogP contribution in [-0.2, 0) is 11.0 Å². The zero-order chi connectivity index (χ0) is 19.6. The highest BCUT2D eigenvalue weighted by Gasteiger charge is 2.32. The number of alkyl halides is 3. The van der Waals surface area contributed by atoms with Crippen molar-refractivity contribution in [2.75, 3.05) is 36.0 Å². The fraction of sp³-hybridized carbons (Fsp3) is 0.467. The van der Waals surface area contributed by atoms with Crippen LogP contribution in [-0.4, -0.2) is 53.1 Å². The van der Waals surface area contributed by atoms with E-state index < -0.39 is 11.7 Å². The molecule has 3 heterocycles. The molecule has 0 spiro atoms. The molecule has 1 aliphatic rings. The Bertz CT molecular complexity index is 802. The first-order chi connectivity index (χ1) is 12.7. The zero-order valence-corrected chi connectivity index (χ0v) is 16.4. The number of hydrogen-bond acceptors (Lipinski definition) is 8. The predicted molar refractivity (Wildman–Crippen MR) is 100 cm³/mol. The van der Waals surface area contributed by atoms with Crippen molar-refractivity contribution in [2.24, 2.45) is 5.73 Å². The number of halogens is 4. The molecule has 8 nitrogen and oxygen atoms in total. The maximum absolute atomic E-state index is 12.6. The number of nitrogens with zero attached hydrogens (tertiary/aromatic N) is 5. The second kappa shape index (κ2) is 8.88. The maximum atomic E-state index is 12.6. The van der Waals surface area contributed by atoms with Crippen molar-refractivity contribution in [2.45, 2.75) is 19.1 Å². The van der Waals surface area contributed by atoms with Crippen LogP contribution < -0.4 is 20.3 Å². The molecule has 0 unspecified atom stereocenters. The Morgan fingerprint density at radius 2 is 1.93 bits per heavy atom. The summed E-state index contributed by atoms with van der Waals surface area (Å²) in [5.41, 5.74) is 4.69. The second-order valence-corrected chi connectivity index (χ2v) is 6.96. The average molecular weight is 439 g/mol. The van der Waals surface area contributed by atoms with E-state index in [9.17, 15) is 18.0 Å². The molecule has 154 valence electrons. The zero-order valence-electron chi connectivity index (χ0n) is 14.7. The van der Waals surface area contributed by atoms with Crippen molar-refractivity contribution in [3.05, 3.63) is 24.2 Å². The highest BCUT2D eigenvalue weighted by molar-refractivity contribution is 7.17. The number of rotatable bonds is 5. The van der Waals surface area contributed by atoms with Crippen LogP contribution in [0.4, 0.5) is 24.1 Å². The molecule has 1 atom stereocenters. The van der Waals surface area contributed by atoms with Gasteiger partial charge in [-0.3, -0.25) is 9.69 Å². The van der Waals surface area contributed by atoms with Crippen molar-refractivity contribution in [1.82, 2.24) is 15.0 Å². The fourth-order valence-corrected chi connectivity index (χ4v) is 3.17. The third kappa shape index (κ3) is 5.20. The molecule has 0 radical (unpaired) electrons. The first-order valence-corrected chi connectivity index (χ1v) is 8.84. The standard InChI is InChI=1S/C15H17F3N6O2S.ClH/c1-9(19)8-26-14-22-6-12(27-14)24-3-2-23(7-11(24)25)13-20-4-10(5-21-13)15(16,17)18;/h4-6,9H,2-3,7-8,19H2,1H3;1H/t9-;/m0./s1. The summed E-state index contributed by atoms with van der Waals surface area (Å²) in [6.07, 6.45) is -1.53. The number of carbonyl (C=O) groups is 1. The summed E-state index contributed by atoms with van der Waals surface area (Å²) in [4.78, 5) is 27.1. The number of carbonyl (C=O) groups excluding carboxylic acids is 1. The molecular weight excluding hydrogens is 421 g/mol. The smallest absolute Gasteiger partial charge is 0.419 e. The highest BCUT2D eigenvalue weighted by Crippen LogP contribution is 2.31. The summed E-state index contributed by atoms with van der Waals surface area (Å²) in [6, 6.07) is -0.133. The van der Waals surface area contributed by atoms with E-state index in [-0.39, 0.29) is 36.8 Å². The number of thiazole rings is 1. The van der Waals surface area contributed by atoms with E-state index >= 15 is 0 Å². The number of anilines is 2. The van der Waals surface area contributed by atoms with E-state index in [1.54, 1.807) is 18.0 Å². The van der Waals surface area contributed by atoms with E-state index in [2.05, 4.69) is 15.0 Å². The molecular formula is C15H18ClF3N6O2S. The van der Waals surface area contributed by atoms with Gasteiger partial charge in [0.25, 0.3) is 5.19 Å². The minimum Gasteiger partial charge on any atom is -0.468 e. The quantitative estimate of drug-likeness (QED) is 0.761. The SMILES string of the molecule is C[C@H](N)COc1ncc(N2CCN(c3ncc(C(F)(F)F)cn3)CC2=O)s1.Cl. The summed E-state index contributed by atoms with van der Waals surface area (Å²) >= 11 is 1.23. The molecule has 2 aromatic heterocycles. The van der Waals surface area contributed by atoms with Gasteiger partial charge in [0.2, 0.25) is 11.9 Å². The van der Waals surface area contributed by atoms with Gasteiger partial charge in [0.05, 0.1) is 11.8 Å². The van der Waals surface area contributed by atoms with Crippen LogP contribution in [0, 0.1) is 0 Å². The van der Waals surface area contributed by atoms with Gasteiger partial charge in [-0.1, -0.05) is 11.3 Å². The number of ether oxygens (including phenoxy) is 1. The Balaban J connectivity index is 0.00000280. The highest BCUT2D eigenvalue weighted by atomic mass is 35.5. The van der Waals surface area contributed by atoms with Crippen molar-refractivity contribution < 1.29 is 22.7 Å². The van der Waals surface area contributed by atoms with Gasteiger partial charge in [-0.05, 0) is 6.92 Å². The van der Waals surface area contributed by atoms with E-state index in [4.69, 9.17) is 10.5 Å². The maximum Gasteiger partial charge on any atom is 0.419 e. The van der Waals surface area contributed by atoms with Gasteiger partial charge in [0.1, 0.15) is 18.2 Å². The molecule has 2 N–H and O–H groups in total. The molecule has 28 heavy (non-hydrogen) atoms. The number of piperazine rings is 1. The minimum atomic E-state index is -4.50. The lowest BCUT2D eigenvalue weighted by atomic mass is 10.3. The van der Waals surface area contributed by atoms with Gasteiger partial charge in [-0.15, -0.1) is 12.4 Å². The Morgan fingerprint density at radius 1 is 1.25 bits per heavy atom. The first kappa shape index (κ1) is 22.1. The normalized spacial score (nSPS) is 16.0. The molecule has 3 rings (SSSR count). The topological polar surface area (TPSA) is 97.5 Å². The van der Waals surface area contributed by atoms with E-state index in [1.165, 1.54) is 16.2 Å². The van der Waals surface area contributed by atoms with Crippen molar-refractivity contribution in [3.8, 4) is 5.19 Å². The molecule has 2 aromatic rings. The van der Waals surface area contributed by atoms with E-state index in [0.29, 0.717) is 42.3 Å². The molecule has 0 bridgehead atoms. The van der Waals surface area contributed by atoms with Crippen molar-refractivity contribution in [1.29, 1.82) is 0 Å². The van der Waals surface area contributed by atoms with Crippen LogP contribution in [0.3, 0.4) is 0 Å². The van der Waals surface area contributed by atoms with Crippen LogP contribution in [0.1, 0.15) is 12.5 Å². The molecule has 0 saturated carbocycles. The molecule has 1 amide bonds. The Labute approximate surface area is 168 Å². The van der Waals surface area contributed by atoms with Gasteiger partial charge in [0, 0.05) is 31.5 Å². The van der Waals surface area contributed by atoms with Gasteiger partial charge in [-0.2, -0.15) is 13.2 Å². The molecule has 1 aliphatic heterocycles. The lowest BCUT2D eigenvalue weighted by molar-refractivity contribution is -0.138. The average Bonchev–Trinajstić information content (AvgIpc) is 3.08. The molecule has 0 aliphatic carbocycles. The summed E-state index contributed by atoms with van der Waals surface area (Å²) in [5.74, 6) is -0.145. The van der Waals surface area contributed by atoms with Crippen LogP contribution >= 0.6 is 23.7 Å². The number of amides is 1. The van der Waals surface area contributed by atoms with Crippen molar-refractivity contribution in [3.63, 3.8) is 0 Å². The van der Waals surface area contributed by atoms with Gasteiger partial charge < -0.3 is 15.4 Å². The number of hydrogen-bond donors (Lipinski definition) is 1. The van der Waals surface area contributed by atoms with Crippen molar-refractivity contribution >= 4 is 40.6 Å². The first-order valence-electron chi connectivity index (χ1n) is 8.03. The van der Waals surface area contributed by atoms with Crippen LogP contribution in [0.2, 0.25) is 0 Å². The fourth-order valence-electron chi connectivity index (χ4n) is 2.35.